The lowest BCUT2D eigenvalue weighted by atomic mass is 10.2. The number of nitrogens with one attached hydrogen (secondary N) is 1. The molecule has 0 heterocycles. The Hall–Kier alpha value is -2.32. The van der Waals surface area contributed by atoms with Gasteiger partial charge in [0, 0.05) is 34.4 Å². The minimum Gasteiger partial charge on any atom is -0.493 e. The van der Waals surface area contributed by atoms with Gasteiger partial charge in [-0.05, 0) is 24.7 Å². The molecule has 0 aliphatic rings. The zero-order valence-corrected chi connectivity index (χ0v) is 17.9. The zero-order chi connectivity index (χ0) is 20.7. The maximum atomic E-state index is 14.0. The second-order valence-electron chi connectivity index (χ2n) is 6.00. The van der Waals surface area contributed by atoms with Crippen molar-refractivity contribution in [3.63, 3.8) is 0 Å². The van der Waals surface area contributed by atoms with E-state index in [1.807, 2.05) is 11.8 Å². The van der Waals surface area contributed by atoms with Crippen molar-refractivity contribution in [3.05, 3.63) is 46.2 Å². The van der Waals surface area contributed by atoms with E-state index in [4.69, 9.17) is 14.2 Å². The molecule has 0 unspecified atom stereocenters. The Kier molecular flexibility index (Phi) is 8.07. The lowest BCUT2D eigenvalue weighted by molar-refractivity contribution is -0.117. The van der Waals surface area contributed by atoms with Crippen molar-refractivity contribution in [2.45, 2.75) is 13.5 Å². The molecule has 152 valence electrons. The quantitative estimate of drug-likeness (QED) is 0.618. The summed E-state index contributed by atoms with van der Waals surface area (Å²) in [5.41, 5.74) is 1.04. The van der Waals surface area contributed by atoms with Crippen molar-refractivity contribution in [2.24, 2.45) is 0 Å². The standard InChI is InChI=1S/C20H24BrFN2O4/c1-5-24(11-13-8-14(21)6-7-16(13)22)12-19(25)23-15-9-17(26-2)20(28-4)18(10-15)27-3/h6-10H,5,11-12H2,1-4H3,(H,23,25). The van der Waals surface area contributed by atoms with Crippen molar-refractivity contribution >= 4 is 27.5 Å². The van der Waals surface area contributed by atoms with Gasteiger partial charge >= 0.3 is 0 Å². The number of anilines is 1. The molecule has 28 heavy (non-hydrogen) atoms. The minimum absolute atomic E-state index is 0.110. The molecular weight excluding hydrogens is 431 g/mol. The molecule has 2 rings (SSSR count). The molecule has 2 aromatic rings. The van der Waals surface area contributed by atoms with Crippen LogP contribution in [0.25, 0.3) is 0 Å². The van der Waals surface area contributed by atoms with Gasteiger partial charge < -0.3 is 19.5 Å². The van der Waals surface area contributed by atoms with Crippen molar-refractivity contribution < 1.29 is 23.4 Å². The Balaban J connectivity index is 2.10. The van der Waals surface area contributed by atoms with Crippen LogP contribution in [0.3, 0.4) is 0 Å². The molecule has 1 amide bonds. The molecule has 2 aromatic carbocycles. The van der Waals surface area contributed by atoms with Gasteiger partial charge in [0.2, 0.25) is 11.7 Å². The summed E-state index contributed by atoms with van der Waals surface area (Å²) in [6.07, 6.45) is 0. The van der Waals surface area contributed by atoms with Crippen LogP contribution < -0.4 is 19.5 Å². The summed E-state index contributed by atoms with van der Waals surface area (Å²) < 4.78 is 30.7. The second-order valence-corrected chi connectivity index (χ2v) is 6.92. The minimum atomic E-state index is -0.299. The van der Waals surface area contributed by atoms with E-state index in [0.29, 0.717) is 41.6 Å². The van der Waals surface area contributed by atoms with Gasteiger partial charge in [-0.3, -0.25) is 9.69 Å². The van der Waals surface area contributed by atoms with Crippen LogP contribution in [0.2, 0.25) is 0 Å². The molecule has 0 aromatic heterocycles. The Labute approximate surface area is 172 Å². The Morgan fingerprint density at radius 1 is 1.11 bits per heavy atom. The van der Waals surface area contributed by atoms with E-state index in [0.717, 1.165) is 4.47 Å². The zero-order valence-electron chi connectivity index (χ0n) is 16.3. The van der Waals surface area contributed by atoms with E-state index in [1.54, 1.807) is 24.3 Å². The average Bonchev–Trinajstić information content (AvgIpc) is 2.69. The molecule has 0 saturated carbocycles. The number of likely N-dealkylation sites (N-methyl/N-ethyl adjacent to an activating group) is 1. The van der Waals surface area contributed by atoms with Gasteiger partial charge in [-0.1, -0.05) is 22.9 Å². The molecule has 1 N–H and O–H groups in total. The Morgan fingerprint density at radius 3 is 2.29 bits per heavy atom. The van der Waals surface area contributed by atoms with Gasteiger partial charge in [-0.25, -0.2) is 4.39 Å². The third kappa shape index (κ3) is 5.59. The molecule has 0 spiro atoms. The van der Waals surface area contributed by atoms with Gasteiger partial charge in [0.05, 0.1) is 27.9 Å². The predicted molar refractivity (Wildman–Crippen MR) is 110 cm³/mol. The Morgan fingerprint density at radius 2 is 1.75 bits per heavy atom. The number of rotatable bonds is 9. The van der Waals surface area contributed by atoms with Gasteiger partial charge in [-0.2, -0.15) is 0 Å². The van der Waals surface area contributed by atoms with Gasteiger partial charge in [-0.15, -0.1) is 0 Å². The number of ether oxygens (including phenoxy) is 3. The van der Waals surface area contributed by atoms with E-state index in [2.05, 4.69) is 21.2 Å². The molecule has 0 radical (unpaired) electrons. The number of hydrogen-bond acceptors (Lipinski definition) is 5. The highest BCUT2D eigenvalue weighted by atomic mass is 79.9. The van der Waals surface area contributed by atoms with Crippen LogP contribution in [0, 0.1) is 5.82 Å². The van der Waals surface area contributed by atoms with Crippen molar-refractivity contribution in [3.8, 4) is 17.2 Å². The van der Waals surface area contributed by atoms with E-state index >= 15 is 0 Å². The highest BCUT2D eigenvalue weighted by Gasteiger charge is 2.16. The lowest BCUT2D eigenvalue weighted by Gasteiger charge is -2.21. The van der Waals surface area contributed by atoms with Crippen LogP contribution in [-0.4, -0.2) is 45.2 Å². The van der Waals surface area contributed by atoms with Crippen LogP contribution in [0.1, 0.15) is 12.5 Å². The first-order chi connectivity index (χ1) is 13.4. The number of carbonyl (C=O) groups is 1. The maximum Gasteiger partial charge on any atom is 0.238 e. The fourth-order valence-electron chi connectivity index (χ4n) is 2.74. The molecule has 0 aliphatic carbocycles. The summed E-state index contributed by atoms with van der Waals surface area (Å²) in [5.74, 6) is 0.808. The first-order valence-corrected chi connectivity index (χ1v) is 9.47. The Bertz CT molecular complexity index is 807. The second kappa shape index (κ2) is 10.3. The van der Waals surface area contributed by atoms with Gasteiger partial charge in [0.1, 0.15) is 5.82 Å². The summed E-state index contributed by atoms with van der Waals surface area (Å²) in [4.78, 5) is 14.4. The molecular formula is C20H24BrFN2O4. The largest absolute Gasteiger partial charge is 0.493 e. The topological polar surface area (TPSA) is 60.0 Å². The first kappa shape index (κ1) is 22.0. The first-order valence-electron chi connectivity index (χ1n) is 8.67. The van der Waals surface area contributed by atoms with Gasteiger partial charge in [0.25, 0.3) is 0 Å². The normalized spacial score (nSPS) is 10.7. The number of benzene rings is 2. The molecule has 0 bridgehead atoms. The van der Waals surface area contributed by atoms with Crippen molar-refractivity contribution in [2.75, 3.05) is 39.7 Å². The van der Waals surface area contributed by atoms with Crippen LogP contribution in [0.4, 0.5) is 10.1 Å². The number of methoxy groups -OCH3 is 3. The third-order valence-corrected chi connectivity index (χ3v) is 4.66. The van der Waals surface area contributed by atoms with Crippen molar-refractivity contribution in [1.82, 2.24) is 4.90 Å². The van der Waals surface area contributed by atoms with Crippen LogP contribution >= 0.6 is 15.9 Å². The SMILES string of the molecule is CCN(CC(=O)Nc1cc(OC)c(OC)c(OC)c1)Cc1cc(Br)ccc1F. The van der Waals surface area contributed by atoms with Crippen LogP contribution in [-0.2, 0) is 11.3 Å². The summed E-state index contributed by atoms with van der Waals surface area (Å²) in [5, 5.41) is 2.82. The van der Waals surface area contributed by atoms with Crippen LogP contribution in [0.15, 0.2) is 34.8 Å². The smallest absolute Gasteiger partial charge is 0.238 e. The van der Waals surface area contributed by atoms with E-state index in [-0.39, 0.29) is 18.3 Å². The van der Waals surface area contributed by atoms with Gasteiger partial charge in [0.15, 0.2) is 11.5 Å². The highest BCUT2D eigenvalue weighted by molar-refractivity contribution is 9.10. The van der Waals surface area contributed by atoms with E-state index in [9.17, 15) is 9.18 Å². The summed E-state index contributed by atoms with van der Waals surface area (Å²) in [6, 6.07) is 8.08. The molecule has 0 saturated heterocycles. The molecule has 6 nitrogen and oxygen atoms in total. The number of carbonyl (C=O) groups excluding carboxylic acids is 1. The number of nitrogens with zero attached hydrogens (tertiary/aromatic N) is 1. The van der Waals surface area contributed by atoms with E-state index in [1.165, 1.54) is 27.4 Å². The number of hydrogen-bond donors (Lipinski definition) is 1. The summed E-state index contributed by atoms with van der Waals surface area (Å²) in [7, 11) is 4.53. The summed E-state index contributed by atoms with van der Waals surface area (Å²) >= 11 is 3.34. The highest BCUT2D eigenvalue weighted by Crippen LogP contribution is 2.39. The van der Waals surface area contributed by atoms with E-state index < -0.39 is 0 Å². The molecule has 0 fully saturated rings. The fraction of sp³-hybridized carbons (Fsp3) is 0.350. The summed E-state index contributed by atoms with van der Waals surface area (Å²) in [6.45, 7) is 2.95. The maximum absolute atomic E-state index is 14.0. The fourth-order valence-corrected chi connectivity index (χ4v) is 3.15. The number of amides is 1. The average molecular weight is 455 g/mol. The molecule has 0 aliphatic heterocycles. The molecule has 0 atom stereocenters. The lowest BCUT2D eigenvalue weighted by Crippen LogP contribution is -2.33. The number of halogens is 2. The monoisotopic (exact) mass is 454 g/mol. The predicted octanol–water partition coefficient (Wildman–Crippen LogP) is 4.07. The van der Waals surface area contributed by atoms with Crippen molar-refractivity contribution in [1.29, 1.82) is 0 Å². The third-order valence-electron chi connectivity index (χ3n) is 4.16. The molecule has 8 heteroatoms. The van der Waals surface area contributed by atoms with Crippen LogP contribution in [0.5, 0.6) is 17.2 Å².